The zero-order chi connectivity index (χ0) is 13.9. The molecule has 98 valence electrons. The molecule has 0 saturated carbocycles. The number of likely N-dealkylation sites (N-methyl/N-ethyl adjacent to an activating group) is 1. The van der Waals surface area contributed by atoms with Gasteiger partial charge in [-0.3, -0.25) is 4.79 Å². The Labute approximate surface area is 106 Å². The van der Waals surface area contributed by atoms with Crippen molar-refractivity contribution in [2.75, 3.05) is 11.9 Å². The maximum Gasteiger partial charge on any atom is 0.332 e. The highest BCUT2D eigenvalue weighted by Crippen LogP contribution is 2.43. The minimum absolute atomic E-state index is 0.131. The number of halogens is 1. The Morgan fingerprint density at radius 2 is 1.83 bits per heavy atom. The quantitative estimate of drug-likeness (QED) is 0.733. The van der Waals surface area contributed by atoms with Crippen LogP contribution in [-0.4, -0.2) is 21.4 Å². The van der Waals surface area contributed by atoms with Crippen molar-refractivity contribution in [3.8, 4) is 0 Å². The van der Waals surface area contributed by atoms with Crippen LogP contribution >= 0.6 is 0 Å². The normalized spacial score (nSPS) is 18.1. The first-order valence-electron chi connectivity index (χ1n) is 5.45. The number of hydrogen-bond donors (Lipinski definition) is 0. The number of rotatable bonds is 1. The van der Waals surface area contributed by atoms with E-state index in [0.29, 0.717) is 16.8 Å². The molecule has 1 aromatic rings. The van der Waals surface area contributed by atoms with Crippen LogP contribution in [0, 0.1) is 6.92 Å². The topological polar surface area (TPSA) is 54.5 Å². The summed E-state index contributed by atoms with van der Waals surface area (Å²) in [6, 6.07) is 2.50. The van der Waals surface area contributed by atoms with Gasteiger partial charge in [0.05, 0.1) is 16.0 Å². The number of anilines is 1. The highest BCUT2D eigenvalue weighted by atomic mass is 32.3. The summed E-state index contributed by atoms with van der Waals surface area (Å²) in [7, 11) is -3.13. The summed E-state index contributed by atoms with van der Waals surface area (Å²) >= 11 is 0. The Morgan fingerprint density at radius 3 is 2.33 bits per heavy atom. The largest absolute Gasteiger partial charge is 0.332 e. The van der Waals surface area contributed by atoms with Gasteiger partial charge in [0, 0.05) is 7.05 Å². The van der Waals surface area contributed by atoms with Gasteiger partial charge in [0.2, 0.25) is 5.91 Å². The van der Waals surface area contributed by atoms with E-state index < -0.39 is 20.5 Å². The molecular weight excluding hydrogens is 257 g/mol. The zero-order valence-electron chi connectivity index (χ0n) is 10.6. The Kier molecular flexibility index (Phi) is 2.56. The predicted molar refractivity (Wildman–Crippen MR) is 65.9 cm³/mol. The Hall–Kier alpha value is -1.43. The van der Waals surface area contributed by atoms with Crippen LogP contribution in [-0.2, 0) is 20.4 Å². The summed E-state index contributed by atoms with van der Waals surface area (Å²) < 4.78 is 35.1. The second kappa shape index (κ2) is 3.54. The minimum atomic E-state index is -4.76. The molecule has 0 radical (unpaired) electrons. The molecule has 1 amide bonds. The van der Waals surface area contributed by atoms with Crippen molar-refractivity contribution in [3.05, 3.63) is 23.3 Å². The second-order valence-corrected chi connectivity index (χ2v) is 6.41. The Morgan fingerprint density at radius 1 is 1.28 bits per heavy atom. The van der Waals surface area contributed by atoms with Gasteiger partial charge in [0.1, 0.15) is 0 Å². The van der Waals surface area contributed by atoms with Crippen molar-refractivity contribution in [1.29, 1.82) is 0 Å². The molecule has 1 aliphatic rings. The third-order valence-electron chi connectivity index (χ3n) is 3.40. The summed E-state index contributed by atoms with van der Waals surface area (Å²) in [5.74, 6) is -0.131. The number of carbonyl (C=O) groups is 1. The van der Waals surface area contributed by atoms with Crippen LogP contribution in [0.3, 0.4) is 0 Å². The van der Waals surface area contributed by atoms with E-state index >= 15 is 0 Å². The summed E-state index contributed by atoms with van der Waals surface area (Å²) in [6.07, 6.45) is 0. The van der Waals surface area contributed by atoms with Crippen LogP contribution < -0.4 is 4.90 Å². The summed E-state index contributed by atoms with van der Waals surface area (Å²) in [5.41, 5.74) is 0.948. The molecular formula is C12H14FNO3S. The molecule has 0 fully saturated rings. The van der Waals surface area contributed by atoms with Crippen molar-refractivity contribution in [3.63, 3.8) is 0 Å². The van der Waals surface area contributed by atoms with Crippen molar-refractivity contribution >= 4 is 21.8 Å². The first-order chi connectivity index (χ1) is 8.06. The van der Waals surface area contributed by atoms with Crippen molar-refractivity contribution < 1.29 is 17.1 Å². The molecule has 2 rings (SSSR count). The SMILES string of the molecule is Cc1cc(S(=O)(=O)F)cc2c1N(C)C(=O)C2(C)C. The monoisotopic (exact) mass is 271 g/mol. The number of hydrogen-bond acceptors (Lipinski definition) is 3. The fourth-order valence-electron chi connectivity index (χ4n) is 2.44. The molecule has 0 aliphatic carbocycles. The summed E-state index contributed by atoms with van der Waals surface area (Å²) in [5, 5.41) is 0. The average molecular weight is 271 g/mol. The maximum absolute atomic E-state index is 13.1. The van der Waals surface area contributed by atoms with E-state index in [1.54, 1.807) is 27.8 Å². The van der Waals surface area contributed by atoms with Gasteiger partial charge in [-0.05, 0) is 44.0 Å². The highest BCUT2D eigenvalue weighted by Gasteiger charge is 2.43. The lowest BCUT2D eigenvalue weighted by Gasteiger charge is -2.16. The van der Waals surface area contributed by atoms with E-state index in [4.69, 9.17) is 0 Å². The zero-order valence-corrected chi connectivity index (χ0v) is 11.4. The van der Waals surface area contributed by atoms with Crippen LogP contribution in [0.1, 0.15) is 25.0 Å². The Balaban J connectivity index is 2.81. The number of amides is 1. The minimum Gasteiger partial charge on any atom is -0.314 e. The summed E-state index contributed by atoms with van der Waals surface area (Å²) in [6.45, 7) is 5.07. The molecule has 1 heterocycles. The third-order valence-corrected chi connectivity index (χ3v) is 4.20. The number of aryl methyl sites for hydroxylation is 1. The molecule has 0 aromatic heterocycles. The van der Waals surface area contributed by atoms with Gasteiger partial charge < -0.3 is 4.90 Å². The smallest absolute Gasteiger partial charge is 0.314 e. The molecule has 0 bridgehead atoms. The lowest BCUT2D eigenvalue weighted by Crippen LogP contribution is -2.33. The van der Waals surface area contributed by atoms with Gasteiger partial charge in [-0.15, -0.1) is 3.89 Å². The van der Waals surface area contributed by atoms with Crippen LogP contribution in [0.2, 0.25) is 0 Å². The van der Waals surface area contributed by atoms with Crippen molar-refractivity contribution in [2.45, 2.75) is 31.1 Å². The van der Waals surface area contributed by atoms with Gasteiger partial charge in [-0.1, -0.05) is 0 Å². The molecule has 1 aromatic carbocycles. The number of benzene rings is 1. The number of fused-ring (bicyclic) bond motifs is 1. The van der Waals surface area contributed by atoms with Gasteiger partial charge >= 0.3 is 10.2 Å². The van der Waals surface area contributed by atoms with Crippen molar-refractivity contribution in [1.82, 2.24) is 0 Å². The highest BCUT2D eigenvalue weighted by molar-refractivity contribution is 7.86. The number of nitrogens with zero attached hydrogens (tertiary/aromatic N) is 1. The molecule has 0 saturated heterocycles. The fourth-order valence-corrected chi connectivity index (χ4v) is 3.02. The van der Waals surface area contributed by atoms with E-state index in [2.05, 4.69) is 0 Å². The van der Waals surface area contributed by atoms with E-state index in [9.17, 15) is 17.1 Å². The van der Waals surface area contributed by atoms with Crippen LogP contribution in [0.25, 0.3) is 0 Å². The summed E-state index contributed by atoms with van der Waals surface area (Å²) in [4.78, 5) is 13.2. The van der Waals surface area contributed by atoms with E-state index in [0.717, 1.165) is 0 Å². The molecule has 4 nitrogen and oxygen atoms in total. The van der Waals surface area contributed by atoms with E-state index in [-0.39, 0.29) is 5.91 Å². The maximum atomic E-state index is 13.1. The first kappa shape index (κ1) is 13.0. The van der Waals surface area contributed by atoms with Crippen LogP contribution in [0.4, 0.5) is 9.57 Å². The predicted octanol–water partition coefficient (Wildman–Crippen LogP) is 1.91. The van der Waals surface area contributed by atoms with Crippen molar-refractivity contribution in [2.24, 2.45) is 0 Å². The molecule has 0 atom stereocenters. The first-order valence-corrected chi connectivity index (χ1v) is 6.83. The molecule has 1 aliphatic heterocycles. The van der Waals surface area contributed by atoms with E-state index in [1.165, 1.54) is 17.0 Å². The van der Waals surface area contributed by atoms with E-state index in [1.807, 2.05) is 0 Å². The van der Waals surface area contributed by atoms with Crippen LogP contribution in [0.5, 0.6) is 0 Å². The fraction of sp³-hybridized carbons (Fsp3) is 0.417. The molecule has 0 N–H and O–H groups in total. The molecule has 0 unspecified atom stereocenters. The van der Waals surface area contributed by atoms with Crippen LogP contribution in [0.15, 0.2) is 17.0 Å². The molecule has 18 heavy (non-hydrogen) atoms. The lowest BCUT2D eigenvalue weighted by molar-refractivity contribution is -0.121. The number of carbonyl (C=O) groups excluding carboxylic acids is 1. The lowest BCUT2D eigenvalue weighted by atomic mass is 9.85. The second-order valence-electron chi connectivity index (χ2n) is 5.06. The van der Waals surface area contributed by atoms with Gasteiger partial charge in [-0.25, -0.2) is 0 Å². The average Bonchev–Trinajstić information content (AvgIpc) is 2.40. The molecule has 6 heteroatoms. The molecule has 0 spiro atoms. The van der Waals surface area contributed by atoms with Gasteiger partial charge in [0.25, 0.3) is 0 Å². The van der Waals surface area contributed by atoms with Gasteiger partial charge in [-0.2, -0.15) is 8.42 Å². The third kappa shape index (κ3) is 1.63. The van der Waals surface area contributed by atoms with Gasteiger partial charge in [0.15, 0.2) is 0 Å². The Bertz CT molecular complexity index is 650. The standard InChI is InChI=1S/C12H14FNO3S/c1-7-5-8(18(13,16)17)6-9-10(7)14(4)11(15)12(9,2)3/h5-6H,1-4H3.